The second-order valence-corrected chi connectivity index (χ2v) is 4.07. The molecule has 1 aromatic rings. The Morgan fingerprint density at radius 3 is 2.65 bits per heavy atom. The van der Waals surface area contributed by atoms with Crippen LogP contribution in [0.25, 0.3) is 6.08 Å². The number of nitrogens with zero attached hydrogens (tertiary/aromatic N) is 1. The molecule has 0 fully saturated rings. The molecule has 108 valence electrons. The van der Waals surface area contributed by atoms with Gasteiger partial charge in [0, 0.05) is 18.7 Å². The number of hydrogen-bond donors (Lipinski definition) is 0. The van der Waals surface area contributed by atoms with E-state index in [1.807, 2.05) is 31.2 Å². The maximum absolute atomic E-state index is 11.8. The van der Waals surface area contributed by atoms with E-state index in [0.717, 1.165) is 11.3 Å². The summed E-state index contributed by atoms with van der Waals surface area (Å²) in [6.45, 7) is 2.38. The van der Waals surface area contributed by atoms with Gasteiger partial charge in [-0.05, 0) is 19.1 Å². The number of likely N-dealkylation sites (N-methyl/N-ethyl adjacent to an activating group) is 1. The van der Waals surface area contributed by atoms with Crippen molar-refractivity contribution in [1.82, 2.24) is 4.90 Å². The van der Waals surface area contributed by atoms with Gasteiger partial charge >= 0.3 is 5.97 Å². The molecule has 5 heteroatoms. The summed E-state index contributed by atoms with van der Waals surface area (Å²) in [5.41, 5.74) is 0.814. The maximum atomic E-state index is 11.8. The summed E-state index contributed by atoms with van der Waals surface area (Å²) in [5, 5.41) is 0. The molecule has 0 bridgehead atoms. The van der Waals surface area contributed by atoms with Crippen LogP contribution in [0, 0.1) is 0 Å². The van der Waals surface area contributed by atoms with E-state index in [9.17, 15) is 9.59 Å². The highest BCUT2D eigenvalue weighted by Gasteiger charge is 2.10. The van der Waals surface area contributed by atoms with Crippen molar-refractivity contribution >= 4 is 18.0 Å². The highest BCUT2D eigenvalue weighted by molar-refractivity contribution is 5.93. The van der Waals surface area contributed by atoms with Crippen LogP contribution in [0.2, 0.25) is 0 Å². The molecular formula is C15H19NO4. The Hall–Kier alpha value is -2.30. The van der Waals surface area contributed by atoms with E-state index in [2.05, 4.69) is 4.74 Å². The van der Waals surface area contributed by atoms with Crippen molar-refractivity contribution in [2.75, 3.05) is 27.3 Å². The van der Waals surface area contributed by atoms with Gasteiger partial charge in [-0.2, -0.15) is 0 Å². The van der Waals surface area contributed by atoms with Gasteiger partial charge < -0.3 is 14.4 Å². The van der Waals surface area contributed by atoms with Crippen LogP contribution < -0.4 is 4.74 Å². The predicted molar refractivity (Wildman–Crippen MR) is 76.3 cm³/mol. The standard InChI is InChI=1S/C15H19NO4/c1-4-20-13-8-6-5-7-12(13)9-10-14(17)16(2)11-15(18)19-3/h5-10H,4,11H2,1-3H3/b10-9+. The van der Waals surface area contributed by atoms with Crippen molar-refractivity contribution in [3.8, 4) is 5.75 Å². The lowest BCUT2D eigenvalue weighted by atomic mass is 10.2. The van der Waals surface area contributed by atoms with Crippen LogP contribution in [-0.2, 0) is 14.3 Å². The highest BCUT2D eigenvalue weighted by atomic mass is 16.5. The van der Waals surface area contributed by atoms with E-state index in [0.29, 0.717) is 6.61 Å². The Kier molecular flexibility index (Phi) is 6.29. The summed E-state index contributed by atoms with van der Waals surface area (Å²) in [6.07, 6.45) is 3.07. The average molecular weight is 277 g/mol. The first-order valence-corrected chi connectivity index (χ1v) is 6.30. The minimum atomic E-state index is -0.455. The fourth-order valence-electron chi connectivity index (χ4n) is 1.53. The van der Waals surface area contributed by atoms with Crippen LogP contribution in [-0.4, -0.2) is 44.1 Å². The SMILES string of the molecule is CCOc1ccccc1/C=C/C(=O)N(C)CC(=O)OC. The Morgan fingerprint density at radius 2 is 2.00 bits per heavy atom. The van der Waals surface area contributed by atoms with Crippen molar-refractivity contribution in [2.24, 2.45) is 0 Å². The summed E-state index contributed by atoms with van der Waals surface area (Å²) < 4.78 is 9.97. The topological polar surface area (TPSA) is 55.8 Å². The number of amides is 1. The summed E-state index contributed by atoms with van der Waals surface area (Å²) in [6, 6.07) is 7.43. The lowest BCUT2D eigenvalue weighted by Crippen LogP contribution is -2.31. The molecule has 1 amide bonds. The minimum absolute atomic E-state index is 0.0766. The third-order valence-electron chi connectivity index (χ3n) is 2.59. The zero-order valence-electron chi connectivity index (χ0n) is 12.0. The minimum Gasteiger partial charge on any atom is -0.493 e. The van der Waals surface area contributed by atoms with Crippen molar-refractivity contribution in [2.45, 2.75) is 6.92 Å². The van der Waals surface area contributed by atoms with Gasteiger partial charge in [-0.1, -0.05) is 18.2 Å². The lowest BCUT2D eigenvalue weighted by molar-refractivity contribution is -0.144. The maximum Gasteiger partial charge on any atom is 0.325 e. The van der Waals surface area contributed by atoms with Crippen molar-refractivity contribution in [3.05, 3.63) is 35.9 Å². The van der Waals surface area contributed by atoms with Crippen molar-refractivity contribution < 1.29 is 19.1 Å². The number of rotatable bonds is 6. The number of ether oxygens (including phenoxy) is 2. The van der Waals surface area contributed by atoms with Gasteiger partial charge in [-0.3, -0.25) is 9.59 Å². The molecule has 0 unspecified atom stereocenters. The van der Waals surface area contributed by atoms with Crippen LogP contribution in [0.1, 0.15) is 12.5 Å². The Balaban J connectivity index is 2.72. The second kappa shape index (κ2) is 7.99. The molecule has 20 heavy (non-hydrogen) atoms. The van der Waals surface area contributed by atoms with Gasteiger partial charge in [0.25, 0.3) is 0 Å². The quantitative estimate of drug-likeness (QED) is 0.587. The number of hydrogen-bond acceptors (Lipinski definition) is 4. The van der Waals surface area contributed by atoms with Crippen LogP contribution in [0.4, 0.5) is 0 Å². The number of carbonyl (C=O) groups is 2. The second-order valence-electron chi connectivity index (χ2n) is 4.07. The molecule has 5 nitrogen and oxygen atoms in total. The van der Waals surface area contributed by atoms with Crippen LogP contribution >= 0.6 is 0 Å². The first-order valence-electron chi connectivity index (χ1n) is 6.30. The van der Waals surface area contributed by atoms with Gasteiger partial charge in [0.1, 0.15) is 12.3 Å². The average Bonchev–Trinajstić information content (AvgIpc) is 2.46. The van der Waals surface area contributed by atoms with Crippen molar-refractivity contribution in [1.29, 1.82) is 0 Å². The molecule has 0 atom stereocenters. The fraction of sp³-hybridized carbons (Fsp3) is 0.333. The van der Waals surface area contributed by atoms with Gasteiger partial charge in [0.2, 0.25) is 5.91 Å². The highest BCUT2D eigenvalue weighted by Crippen LogP contribution is 2.19. The first-order chi connectivity index (χ1) is 9.58. The summed E-state index contributed by atoms with van der Waals surface area (Å²) >= 11 is 0. The number of carbonyl (C=O) groups excluding carboxylic acids is 2. The Morgan fingerprint density at radius 1 is 1.30 bits per heavy atom. The number of para-hydroxylation sites is 1. The first kappa shape index (κ1) is 15.8. The van der Waals surface area contributed by atoms with Gasteiger partial charge in [-0.15, -0.1) is 0 Å². The molecular weight excluding hydrogens is 258 g/mol. The van der Waals surface area contributed by atoms with Crippen LogP contribution in [0.15, 0.2) is 30.3 Å². The monoisotopic (exact) mass is 277 g/mol. The molecule has 0 aliphatic heterocycles. The molecule has 0 saturated heterocycles. The molecule has 1 aromatic carbocycles. The van der Waals surface area contributed by atoms with Gasteiger partial charge in [0.05, 0.1) is 13.7 Å². The smallest absolute Gasteiger partial charge is 0.325 e. The molecule has 0 spiro atoms. The van der Waals surface area contributed by atoms with E-state index in [-0.39, 0.29) is 12.5 Å². The lowest BCUT2D eigenvalue weighted by Gasteiger charge is -2.13. The third kappa shape index (κ3) is 4.76. The Labute approximate surface area is 118 Å². The van der Waals surface area contributed by atoms with Crippen LogP contribution in [0.3, 0.4) is 0 Å². The van der Waals surface area contributed by atoms with E-state index in [1.54, 1.807) is 6.08 Å². The largest absolute Gasteiger partial charge is 0.493 e. The van der Waals surface area contributed by atoms with E-state index >= 15 is 0 Å². The molecule has 0 aliphatic carbocycles. The van der Waals surface area contributed by atoms with Crippen LogP contribution in [0.5, 0.6) is 5.75 Å². The third-order valence-corrected chi connectivity index (χ3v) is 2.59. The number of esters is 1. The molecule has 0 aromatic heterocycles. The zero-order valence-corrected chi connectivity index (χ0v) is 12.0. The molecule has 0 aliphatic rings. The van der Waals surface area contributed by atoms with E-state index < -0.39 is 5.97 Å². The summed E-state index contributed by atoms with van der Waals surface area (Å²) in [4.78, 5) is 24.2. The summed E-state index contributed by atoms with van der Waals surface area (Å²) in [5.74, 6) is -0.0136. The van der Waals surface area contributed by atoms with Gasteiger partial charge in [-0.25, -0.2) is 0 Å². The van der Waals surface area contributed by atoms with E-state index in [4.69, 9.17) is 4.74 Å². The normalized spacial score (nSPS) is 10.3. The predicted octanol–water partition coefficient (Wildman–Crippen LogP) is 1.73. The summed E-state index contributed by atoms with van der Waals surface area (Å²) in [7, 11) is 2.83. The molecule has 0 radical (unpaired) electrons. The Bertz CT molecular complexity index is 496. The fourth-order valence-corrected chi connectivity index (χ4v) is 1.53. The van der Waals surface area contributed by atoms with Crippen molar-refractivity contribution in [3.63, 3.8) is 0 Å². The molecule has 0 heterocycles. The number of benzene rings is 1. The molecule has 0 saturated carbocycles. The zero-order chi connectivity index (χ0) is 15.0. The number of methoxy groups -OCH3 is 1. The molecule has 1 rings (SSSR count). The van der Waals surface area contributed by atoms with E-state index in [1.165, 1.54) is 25.1 Å². The van der Waals surface area contributed by atoms with Gasteiger partial charge in [0.15, 0.2) is 0 Å². The molecule has 0 N–H and O–H groups in total.